The third-order valence-electron chi connectivity index (χ3n) is 1.17. The van der Waals surface area contributed by atoms with Crippen LogP contribution in [0.4, 0.5) is 0 Å². The highest BCUT2D eigenvalue weighted by Crippen LogP contribution is 2.18. The Kier molecular flexibility index (Phi) is 2.20. The van der Waals surface area contributed by atoms with E-state index in [1.54, 1.807) is 12.1 Å². The van der Waals surface area contributed by atoms with Gasteiger partial charge in [-0.15, -0.1) is 0 Å². The molecule has 0 aliphatic rings. The van der Waals surface area contributed by atoms with E-state index in [-0.39, 0.29) is 9.92 Å². The zero-order valence-electron chi connectivity index (χ0n) is 5.83. The standard InChI is InChI=1S/C7H6ClO2S/c1-11(9,10)7-5-3-2-4-6(7)8/h2-3,5H,1H3. The van der Waals surface area contributed by atoms with Gasteiger partial charge in [-0.05, 0) is 6.07 Å². The molecule has 1 rings (SSSR count). The fourth-order valence-electron chi connectivity index (χ4n) is 0.687. The average molecular weight is 190 g/mol. The van der Waals surface area contributed by atoms with Gasteiger partial charge in [0.25, 0.3) is 0 Å². The molecular formula is C7H6ClO2S. The fourth-order valence-corrected chi connectivity index (χ4v) is 1.94. The molecule has 0 aliphatic heterocycles. The van der Waals surface area contributed by atoms with E-state index >= 15 is 0 Å². The summed E-state index contributed by atoms with van der Waals surface area (Å²) in [5.74, 6) is 0. The highest BCUT2D eigenvalue weighted by atomic mass is 35.5. The fraction of sp³-hybridized carbons (Fsp3) is 0.143. The van der Waals surface area contributed by atoms with Gasteiger partial charge < -0.3 is 0 Å². The van der Waals surface area contributed by atoms with Gasteiger partial charge in [0.05, 0.1) is 9.92 Å². The van der Waals surface area contributed by atoms with Crippen LogP contribution in [0, 0.1) is 6.07 Å². The summed E-state index contributed by atoms with van der Waals surface area (Å²) >= 11 is 5.57. The summed E-state index contributed by atoms with van der Waals surface area (Å²) in [6.07, 6.45) is 1.11. The van der Waals surface area contributed by atoms with Crippen molar-refractivity contribution in [3.63, 3.8) is 0 Å². The minimum atomic E-state index is -3.20. The number of hydrogen-bond acceptors (Lipinski definition) is 2. The number of rotatable bonds is 1. The van der Waals surface area contributed by atoms with Crippen molar-refractivity contribution in [2.24, 2.45) is 0 Å². The molecule has 0 aliphatic carbocycles. The third kappa shape index (κ3) is 1.94. The van der Waals surface area contributed by atoms with Crippen LogP contribution >= 0.6 is 11.6 Å². The summed E-state index contributed by atoms with van der Waals surface area (Å²) in [7, 11) is -3.20. The van der Waals surface area contributed by atoms with E-state index in [0.29, 0.717) is 0 Å². The maximum absolute atomic E-state index is 10.9. The molecule has 0 N–H and O–H groups in total. The second-order valence-electron chi connectivity index (χ2n) is 2.12. The quantitative estimate of drug-likeness (QED) is 0.672. The van der Waals surface area contributed by atoms with E-state index in [9.17, 15) is 8.42 Å². The molecule has 0 heterocycles. The van der Waals surface area contributed by atoms with Crippen molar-refractivity contribution in [3.05, 3.63) is 29.3 Å². The first-order chi connectivity index (χ1) is 5.02. The molecule has 11 heavy (non-hydrogen) atoms. The summed E-state index contributed by atoms with van der Waals surface area (Å²) in [5, 5.41) is 0.148. The van der Waals surface area contributed by atoms with Crippen LogP contribution in [0.2, 0.25) is 5.02 Å². The van der Waals surface area contributed by atoms with E-state index in [2.05, 4.69) is 6.07 Å². The Morgan fingerprint density at radius 2 is 2.18 bits per heavy atom. The SMILES string of the molecule is CS(=O)(=O)c1ccc[c]c1Cl. The molecule has 1 aromatic carbocycles. The van der Waals surface area contributed by atoms with Crippen LogP contribution in [-0.2, 0) is 9.84 Å². The van der Waals surface area contributed by atoms with Crippen LogP contribution < -0.4 is 0 Å². The minimum absolute atomic E-state index is 0.127. The molecule has 2 nitrogen and oxygen atoms in total. The topological polar surface area (TPSA) is 34.1 Å². The zero-order chi connectivity index (χ0) is 8.48. The number of halogens is 1. The number of benzene rings is 1. The Balaban J connectivity index is 3.37. The van der Waals surface area contributed by atoms with Crippen molar-refractivity contribution in [1.82, 2.24) is 0 Å². The van der Waals surface area contributed by atoms with Crippen LogP contribution in [0.3, 0.4) is 0 Å². The van der Waals surface area contributed by atoms with Crippen molar-refractivity contribution in [1.29, 1.82) is 0 Å². The van der Waals surface area contributed by atoms with Crippen molar-refractivity contribution >= 4 is 21.4 Å². The molecule has 0 bridgehead atoms. The molecular weight excluding hydrogens is 184 g/mol. The number of sulfone groups is 1. The molecule has 0 atom stereocenters. The second-order valence-corrected chi connectivity index (χ2v) is 4.48. The van der Waals surface area contributed by atoms with Gasteiger partial charge in [0.15, 0.2) is 9.84 Å². The van der Waals surface area contributed by atoms with Gasteiger partial charge in [-0.25, -0.2) is 8.42 Å². The molecule has 0 saturated heterocycles. The highest BCUT2D eigenvalue weighted by molar-refractivity contribution is 7.90. The Hall–Kier alpha value is -0.540. The van der Waals surface area contributed by atoms with Crippen molar-refractivity contribution in [2.45, 2.75) is 4.90 Å². The maximum atomic E-state index is 10.9. The van der Waals surface area contributed by atoms with Crippen molar-refractivity contribution < 1.29 is 8.42 Å². The Bertz CT molecular complexity index is 356. The van der Waals surface area contributed by atoms with Gasteiger partial charge >= 0.3 is 0 Å². The highest BCUT2D eigenvalue weighted by Gasteiger charge is 2.09. The van der Waals surface area contributed by atoms with E-state index < -0.39 is 9.84 Å². The molecule has 0 amide bonds. The minimum Gasteiger partial charge on any atom is -0.224 e. The zero-order valence-corrected chi connectivity index (χ0v) is 7.41. The smallest absolute Gasteiger partial charge is 0.177 e. The van der Waals surface area contributed by atoms with E-state index in [0.717, 1.165) is 6.26 Å². The summed E-state index contributed by atoms with van der Waals surface area (Å²) in [6.45, 7) is 0. The monoisotopic (exact) mass is 189 g/mol. The second kappa shape index (κ2) is 2.83. The van der Waals surface area contributed by atoms with Gasteiger partial charge in [-0.2, -0.15) is 0 Å². The van der Waals surface area contributed by atoms with Gasteiger partial charge in [0, 0.05) is 12.3 Å². The Morgan fingerprint density at radius 3 is 2.55 bits per heavy atom. The lowest BCUT2D eigenvalue weighted by molar-refractivity contribution is 0.602. The van der Waals surface area contributed by atoms with Crippen LogP contribution in [-0.4, -0.2) is 14.7 Å². The Morgan fingerprint density at radius 1 is 1.55 bits per heavy atom. The molecule has 59 valence electrons. The van der Waals surface area contributed by atoms with Crippen LogP contribution in [0.15, 0.2) is 23.1 Å². The molecule has 0 aromatic heterocycles. The number of hydrogen-bond donors (Lipinski definition) is 0. The summed E-state index contributed by atoms with van der Waals surface area (Å²) in [5.41, 5.74) is 0. The van der Waals surface area contributed by atoms with Gasteiger partial charge in [0.1, 0.15) is 0 Å². The summed E-state index contributed by atoms with van der Waals surface area (Å²) < 4.78 is 21.9. The third-order valence-corrected chi connectivity index (χ3v) is 2.73. The molecule has 1 radical (unpaired) electrons. The predicted molar refractivity (Wildman–Crippen MR) is 43.4 cm³/mol. The van der Waals surface area contributed by atoms with E-state index in [4.69, 9.17) is 11.6 Å². The maximum Gasteiger partial charge on any atom is 0.177 e. The van der Waals surface area contributed by atoms with Gasteiger partial charge in [-0.3, -0.25) is 0 Å². The first kappa shape index (κ1) is 8.56. The first-order valence-electron chi connectivity index (χ1n) is 2.88. The lowest BCUT2D eigenvalue weighted by Crippen LogP contribution is -1.97. The molecule has 1 aromatic rings. The van der Waals surface area contributed by atoms with Crippen LogP contribution in [0.25, 0.3) is 0 Å². The van der Waals surface area contributed by atoms with Gasteiger partial charge in [0.2, 0.25) is 0 Å². The van der Waals surface area contributed by atoms with Crippen molar-refractivity contribution in [2.75, 3.05) is 6.26 Å². The van der Waals surface area contributed by atoms with E-state index in [1.807, 2.05) is 0 Å². The Labute approximate surface area is 70.7 Å². The molecule has 4 heteroatoms. The summed E-state index contributed by atoms with van der Waals surface area (Å²) in [6, 6.07) is 7.20. The molecule has 0 unspecified atom stereocenters. The largest absolute Gasteiger partial charge is 0.224 e. The first-order valence-corrected chi connectivity index (χ1v) is 5.15. The lowest BCUT2D eigenvalue weighted by atomic mass is 10.4. The molecule has 0 saturated carbocycles. The average Bonchev–Trinajstić information content (AvgIpc) is 1.86. The van der Waals surface area contributed by atoms with E-state index in [1.165, 1.54) is 6.07 Å². The predicted octanol–water partition coefficient (Wildman–Crippen LogP) is 1.54. The van der Waals surface area contributed by atoms with Crippen LogP contribution in [0.5, 0.6) is 0 Å². The van der Waals surface area contributed by atoms with Crippen LogP contribution in [0.1, 0.15) is 0 Å². The normalized spacial score (nSPS) is 11.5. The molecule has 0 spiro atoms. The lowest BCUT2D eigenvalue weighted by Gasteiger charge is -1.98. The molecule has 0 fully saturated rings. The summed E-state index contributed by atoms with van der Waals surface area (Å²) in [4.78, 5) is 0.127. The van der Waals surface area contributed by atoms with Gasteiger partial charge in [-0.1, -0.05) is 23.7 Å². The van der Waals surface area contributed by atoms with Crippen molar-refractivity contribution in [3.8, 4) is 0 Å².